The molecule has 2 heterocycles. The highest BCUT2D eigenvalue weighted by Gasteiger charge is 2.10. The molecule has 1 aliphatic heterocycles. The van der Waals surface area contributed by atoms with Crippen LogP contribution in [0.5, 0.6) is 0 Å². The number of likely N-dealkylation sites (tertiary alicyclic amines) is 1. The molecule has 1 amide bonds. The number of rotatable bonds is 6. The smallest absolute Gasteiger partial charge is 0.264 e. The highest BCUT2D eigenvalue weighted by molar-refractivity contribution is 5.94. The van der Waals surface area contributed by atoms with E-state index >= 15 is 0 Å². The molecule has 0 unspecified atom stereocenters. The van der Waals surface area contributed by atoms with E-state index in [0.29, 0.717) is 17.8 Å². The van der Waals surface area contributed by atoms with Gasteiger partial charge < -0.3 is 10.2 Å². The van der Waals surface area contributed by atoms with Gasteiger partial charge in [0, 0.05) is 23.7 Å². The average Bonchev–Trinajstić information content (AvgIpc) is 2.67. The van der Waals surface area contributed by atoms with Gasteiger partial charge in [-0.15, -0.1) is 0 Å². The van der Waals surface area contributed by atoms with E-state index in [4.69, 9.17) is 0 Å². The summed E-state index contributed by atoms with van der Waals surface area (Å²) in [5, 5.41) is 9.37. The molecule has 6 heteroatoms. The quantitative estimate of drug-likeness (QED) is 0.789. The molecule has 0 atom stereocenters. The minimum Gasteiger partial charge on any atom is -0.352 e. The number of carbonyl (C=O) groups is 1. The second-order valence-corrected chi connectivity index (χ2v) is 6.40. The standard InChI is InChI=1S/C19H24N4O2/c24-18-10-9-17(21-22-18)15-5-7-16(8-6-15)19(25)20-11-4-14-23-12-2-1-3-13-23/h5-10H,1-4,11-14H2,(H,20,25)(H,22,24). The van der Waals surface area contributed by atoms with Crippen LogP contribution in [0.1, 0.15) is 36.0 Å². The van der Waals surface area contributed by atoms with Crippen molar-refractivity contribution in [3.05, 3.63) is 52.3 Å². The zero-order chi connectivity index (χ0) is 17.5. The highest BCUT2D eigenvalue weighted by Crippen LogP contribution is 2.15. The molecule has 0 saturated carbocycles. The maximum atomic E-state index is 12.2. The number of amides is 1. The number of aromatic amines is 1. The molecule has 1 saturated heterocycles. The van der Waals surface area contributed by atoms with Crippen molar-refractivity contribution in [2.24, 2.45) is 0 Å². The number of hydrogen-bond donors (Lipinski definition) is 2. The zero-order valence-electron chi connectivity index (χ0n) is 14.3. The van der Waals surface area contributed by atoms with Crippen molar-refractivity contribution < 1.29 is 4.79 Å². The Balaban J connectivity index is 1.47. The number of nitrogens with one attached hydrogen (secondary N) is 2. The van der Waals surface area contributed by atoms with E-state index in [1.165, 1.54) is 38.4 Å². The summed E-state index contributed by atoms with van der Waals surface area (Å²) < 4.78 is 0. The Morgan fingerprint density at radius 3 is 2.52 bits per heavy atom. The molecule has 0 bridgehead atoms. The number of carbonyl (C=O) groups excluding carboxylic acids is 1. The van der Waals surface area contributed by atoms with Crippen LogP contribution in [0, 0.1) is 0 Å². The normalized spacial score (nSPS) is 15.0. The molecule has 1 fully saturated rings. The van der Waals surface area contributed by atoms with Gasteiger partial charge in [0.1, 0.15) is 0 Å². The van der Waals surface area contributed by atoms with Crippen LogP contribution in [-0.2, 0) is 0 Å². The summed E-state index contributed by atoms with van der Waals surface area (Å²) in [6, 6.07) is 10.3. The van der Waals surface area contributed by atoms with Gasteiger partial charge in [-0.3, -0.25) is 9.59 Å². The molecule has 0 radical (unpaired) electrons. The van der Waals surface area contributed by atoms with Gasteiger partial charge in [0.2, 0.25) is 0 Å². The molecule has 0 spiro atoms. The molecule has 2 N–H and O–H groups in total. The zero-order valence-corrected chi connectivity index (χ0v) is 14.3. The fraction of sp³-hybridized carbons (Fsp3) is 0.421. The first-order chi connectivity index (χ1) is 12.2. The largest absolute Gasteiger partial charge is 0.352 e. The fourth-order valence-corrected chi connectivity index (χ4v) is 3.09. The van der Waals surface area contributed by atoms with E-state index < -0.39 is 0 Å². The third kappa shape index (κ3) is 5.00. The minimum absolute atomic E-state index is 0.0559. The molecule has 6 nitrogen and oxygen atoms in total. The molecular weight excluding hydrogens is 316 g/mol. The van der Waals surface area contributed by atoms with Gasteiger partial charge in [-0.25, -0.2) is 5.10 Å². The Morgan fingerprint density at radius 1 is 1.08 bits per heavy atom. The van der Waals surface area contributed by atoms with Crippen LogP contribution in [0.4, 0.5) is 0 Å². The van der Waals surface area contributed by atoms with Gasteiger partial charge in [-0.1, -0.05) is 18.6 Å². The number of benzene rings is 1. The lowest BCUT2D eigenvalue weighted by Gasteiger charge is -2.26. The van der Waals surface area contributed by atoms with Gasteiger partial charge in [0.15, 0.2) is 0 Å². The number of aromatic nitrogens is 2. The van der Waals surface area contributed by atoms with Crippen LogP contribution < -0.4 is 10.9 Å². The lowest BCUT2D eigenvalue weighted by Crippen LogP contribution is -2.33. The second-order valence-electron chi connectivity index (χ2n) is 6.40. The summed E-state index contributed by atoms with van der Waals surface area (Å²) in [4.78, 5) is 25.7. The van der Waals surface area contributed by atoms with E-state index in [9.17, 15) is 9.59 Å². The summed E-state index contributed by atoms with van der Waals surface area (Å²) in [6.07, 6.45) is 4.91. The summed E-state index contributed by atoms with van der Waals surface area (Å²) in [7, 11) is 0. The van der Waals surface area contributed by atoms with Crippen LogP contribution >= 0.6 is 0 Å². The maximum Gasteiger partial charge on any atom is 0.264 e. The van der Waals surface area contributed by atoms with Crippen LogP contribution in [0.15, 0.2) is 41.2 Å². The lowest BCUT2D eigenvalue weighted by atomic mass is 10.1. The van der Waals surface area contributed by atoms with E-state index in [-0.39, 0.29) is 11.5 Å². The molecule has 0 aliphatic carbocycles. The molecule has 132 valence electrons. The number of hydrogen-bond acceptors (Lipinski definition) is 4. The van der Waals surface area contributed by atoms with Crippen LogP contribution in [0.25, 0.3) is 11.3 Å². The summed E-state index contributed by atoms with van der Waals surface area (Å²) in [6.45, 7) is 4.12. The Hall–Kier alpha value is -2.47. The summed E-state index contributed by atoms with van der Waals surface area (Å²) >= 11 is 0. The first-order valence-corrected chi connectivity index (χ1v) is 8.89. The van der Waals surface area contributed by atoms with Gasteiger partial charge in [-0.2, -0.15) is 5.10 Å². The average molecular weight is 340 g/mol. The van der Waals surface area contributed by atoms with Crippen molar-refractivity contribution in [1.82, 2.24) is 20.4 Å². The number of piperidine rings is 1. The van der Waals surface area contributed by atoms with Crippen molar-refractivity contribution in [1.29, 1.82) is 0 Å². The molecule has 1 aliphatic rings. The van der Waals surface area contributed by atoms with Crippen molar-refractivity contribution in [2.75, 3.05) is 26.2 Å². The molecule has 3 rings (SSSR count). The molecule has 2 aromatic rings. The Labute approximate surface area is 147 Å². The maximum absolute atomic E-state index is 12.2. The topological polar surface area (TPSA) is 78.1 Å². The molecule has 25 heavy (non-hydrogen) atoms. The summed E-state index contributed by atoms with van der Waals surface area (Å²) in [5.74, 6) is -0.0559. The number of nitrogens with zero attached hydrogens (tertiary/aromatic N) is 2. The van der Waals surface area contributed by atoms with Crippen LogP contribution in [0.3, 0.4) is 0 Å². The Kier molecular flexibility index (Phi) is 5.95. The SMILES string of the molecule is O=C(NCCCN1CCCCC1)c1ccc(-c2ccc(=O)[nH]n2)cc1. The third-order valence-electron chi connectivity index (χ3n) is 4.51. The monoisotopic (exact) mass is 340 g/mol. The van der Waals surface area contributed by atoms with Crippen molar-refractivity contribution in [3.8, 4) is 11.3 Å². The minimum atomic E-state index is -0.232. The molecule has 1 aromatic heterocycles. The molecular formula is C19H24N4O2. The predicted octanol–water partition coefficient (Wildman–Crippen LogP) is 2.04. The van der Waals surface area contributed by atoms with E-state index in [1.54, 1.807) is 18.2 Å². The number of H-pyrrole nitrogens is 1. The first-order valence-electron chi connectivity index (χ1n) is 8.89. The van der Waals surface area contributed by atoms with Gasteiger partial charge in [-0.05, 0) is 57.1 Å². The van der Waals surface area contributed by atoms with Gasteiger partial charge in [0.25, 0.3) is 11.5 Å². The Morgan fingerprint density at radius 2 is 1.84 bits per heavy atom. The lowest BCUT2D eigenvalue weighted by molar-refractivity contribution is 0.0951. The van der Waals surface area contributed by atoms with Crippen molar-refractivity contribution in [3.63, 3.8) is 0 Å². The summed E-state index contributed by atoms with van der Waals surface area (Å²) in [5.41, 5.74) is 1.93. The molecule has 1 aromatic carbocycles. The van der Waals surface area contributed by atoms with E-state index in [0.717, 1.165) is 18.5 Å². The van der Waals surface area contributed by atoms with Gasteiger partial charge in [0.05, 0.1) is 5.69 Å². The van der Waals surface area contributed by atoms with Gasteiger partial charge >= 0.3 is 0 Å². The highest BCUT2D eigenvalue weighted by atomic mass is 16.1. The van der Waals surface area contributed by atoms with Crippen molar-refractivity contribution in [2.45, 2.75) is 25.7 Å². The van der Waals surface area contributed by atoms with Crippen LogP contribution in [-0.4, -0.2) is 47.2 Å². The first kappa shape index (κ1) is 17.4. The Bertz CT molecular complexity index is 728. The third-order valence-corrected chi connectivity index (χ3v) is 4.51. The van der Waals surface area contributed by atoms with Crippen LogP contribution in [0.2, 0.25) is 0 Å². The van der Waals surface area contributed by atoms with E-state index in [1.807, 2.05) is 12.1 Å². The van der Waals surface area contributed by atoms with Crippen molar-refractivity contribution >= 4 is 5.91 Å². The predicted molar refractivity (Wildman–Crippen MR) is 97.5 cm³/mol. The fourth-order valence-electron chi connectivity index (χ4n) is 3.09. The van der Waals surface area contributed by atoms with E-state index in [2.05, 4.69) is 20.4 Å². The second kappa shape index (κ2) is 8.58.